The van der Waals surface area contributed by atoms with Crippen LogP contribution in [0.5, 0.6) is 0 Å². The summed E-state index contributed by atoms with van der Waals surface area (Å²) in [5, 5.41) is 12.4. The van der Waals surface area contributed by atoms with E-state index < -0.39 is 24.8 Å². The fraction of sp³-hybridized carbons (Fsp3) is 0.188. The maximum absolute atomic E-state index is 12.5. The maximum Gasteiger partial charge on any atom is 0.491 e. The Labute approximate surface area is 136 Å². The maximum atomic E-state index is 12.5. The van der Waals surface area contributed by atoms with Gasteiger partial charge in [0.15, 0.2) is 0 Å². The molecule has 0 aromatic heterocycles. The number of hydrogen-bond acceptors (Lipinski definition) is 3. The quantitative estimate of drug-likeness (QED) is 0.828. The SMILES string of the molecule is O=C(Nc1ccc2c(c1)B(O)OCC2)c1ccc(C(F)(F)F)cc1. The molecule has 2 aromatic carbocycles. The minimum absolute atomic E-state index is 0.109. The smallest absolute Gasteiger partial charge is 0.423 e. The second kappa shape index (κ2) is 6.29. The summed E-state index contributed by atoms with van der Waals surface area (Å²) in [6.45, 7) is 0.422. The molecule has 2 N–H and O–H groups in total. The van der Waals surface area contributed by atoms with Gasteiger partial charge in [0.05, 0.1) is 5.56 Å². The van der Waals surface area contributed by atoms with E-state index in [0.717, 1.165) is 29.8 Å². The number of fused-ring (bicyclic) bond motifs is 1. The summed E-state index contributed by atoms with van der Waals surface area (Å²) < 4.78 is 42.7. The number of carbonyl (C=O) groups is 1. The summed E-state index contributed by atoms with van der Waals surface area (Å²) in [5.41, 5.74) is 1.24. The molecule has 0 fully saturated rings. The summed E-state index contributed by atoms with van der Waals surface area (Å²) in [6.07, 6.45) is -3.77. The van der Waals surface area contributed by atoms with E-state index in [9.17, 15) is 23.0 Å². The van der Waals surface area contributed by atoms with E-state index in [4.69, 9.17) is 4.65 Å². The molecule has 4 nitrogen and oxygen atoms in total. The third-order valence-electron chi connectivity index (χ3n) is 3.79. The van der Waals surface area contributed by atoms with Crippen LogP contribution in [0.2, 0.25) is 0 Å². The van der Waals surface area contributed by atoms with Crippen LogP contribution < -0.4 is 10.8 Å². The lowest BCUT2D eigenvalue weighted by Gasteiger charge is -2.19. The van der Waals surface area contributed by atoms with Crippen molar-refractivity contribution < 1.29 is 27.6 Å². The second-order valence-corrected chi connectivity index (χ2v) is 5.42. The molecule has 0 radical (unpaired) electrons. The number of amides is 1. The van der Waals surface area contributed by atoms with Gasteiger partial charge in [0, 0.05) is 17.9 Å². The number of anilines is 1. The molecule has 0 unspecified atom stereocenters. The Morgan fingerprint density at radius 1 is 1.17 bits per heavy atom. The van der Waals surface area contributed by atoms with Crippen molar-refractivity contribution in [2.24, 2.45) is 0 Å². The molecule has 124 valence electrons. The minimum Gasteiger partial charge on any atom is -0.423 e. The highest BCUT2D eigenvalue weighted by atomic mass is 19.4. The highest BCUT2D eigenvalue weighted by Crippen LogP contribution is 2.29. The van der Waals surface area contributed by atoms with Crippen molar-refractivity contribution in [1.82, 2.24) is 0 Å². The average molecular weight is 335 g/mol. The normalized spacial score (nSPS) is 14.2. The summed E-state index contributed by atoms with van der Waals surface area (Å²) in [6, 6.07) is 9.02. The lowest BCUT2D eigenvalue weighted by atomic mass is 9.73. The van der Waals surface area contributed by atoms with Gasteiger partial charge in [-0.05, 0) is 53.8 Å². The first-order valence-corrected chi connectivity index (χ1v) is 7.26. The van der Waals surface area contributed by atoms with Crippen molar-refractivity contribution in [2.45, 2.75) is 12.6 Å². The van der Waals surface area contributed by atoms with Crippen LogP contribution in [0.15, 0.2) is 42.5 Å². The number of carbonyl (C=O) groups excluding carboxylic acids is 1. The first kappa shape index (κ1) is 16.5. The molecule has 24 heavy (non-hydrogen) atoms. The molecular weight excluding hydrogens is 322 g/mol. The van der Waals surface area contributed by atoms with E-state index in [0.29, 0.717) is 24.2 Å². The summed E-state index contributed by atoms with van der Waals surface area (Å²) >= 11 is 0. The fourth-order valence-corrected chi connectivity index (χ4v) is 2.51. The summed E-state index contributed by atoms with van der Waals surface area (Å²) in [4.78, 5) is 12.1. The third-order valence-corrected chi connectivity index (χ3v) is 3.79. The van der Waals surface area contributed by atoms with Gasteiger partial charge in [0.1, 0.15) is 0 Å². The van der Waals surface area contributed by atoms with Crippen LogP contribution in [0.3, 0.4) is 0 Å². The van der Waals surface area contributed by atoms with Crippen LogP contribution in [0.1, 0.15) is 21.5 Å². The zero-order chi connectivity index (χ0) is 17.3. The Balaban J connectivity index is 1.76. The van der Waals surface area contributed by atoms with Gasteiger partial charge >= 0.3 is 13.3 Å². The van der Waals surface area contributed by atoms with E-state index in [1.54, 1.807) is 18.2 Å². The van der Waals surface area contributed by atoms with Gasteiger partial charge in [0.2, 0.25) is 0 Å². The van der Waals surface area contributed by atoms with Crippen molar-refractivity contribution in [3.63, 3.8) is 0 Å². The second-order valence-electron chi connectivity index (χ2n) is 5.42. The molecular formula is C16H13BF3NO3. The van der Waals surface area contributed by atoms with Gasteiger partial charge in [-0.3, -0.25) is 4.79 Å². The van der Waals surface area contributed by atoms with Crippen LogP contribution in [0, 0.1) is 0 Å². The van der Waals surface area contributed by atoms with Crippen molar-refractivity contribution in [1.29, 1.82) is 0 Å². The Kier molecular flexibility index (Phi) is 4.34. The van der Waals surface area contributed by atoms with Crippen molar-refractivity contribution in [3.8, 4) is 0 Å². The first-order valence-electron chi connectivity index (χ1n) is 7.26. The zero-order valence-electron chi connectivity index (χ0n) is 12.4. The van der Waals surface area contributed by atoms with Gasteiger partial charge in [0.25, 0.3) is 5.91 Å². The summed E-state index contributed by atoms with van der Waals surface area (Å²) in [7, 11) is -1.04. The molecule has 0 aliphatic carbocycles. The van der Waals surface area contributed by atoms with Crippen LogP contribution >= 0.6 is 0 Å². The van der Waals surface area contributed by atoms with Gasteiger partial charge in [-0.15, -0.1) is 0 Å². The van der Waals surface area contributed by atoms with Gasteiger partial charge in [-0.2, -0.15) is 13.2 Å². The van der Waals surface area contributed by atoms with Crippen LogP contribution in [0.4, 0.5) is 18.9 Å². The Morgan fingerprint density at radius 2 is 1.88 bits per heavy atom. The molecule has 0 spiro atoms. The predicted octanol–water partition coefficient (Wildman–Crippen LogP) is 2.22. The molecule has 1 aliphatic heterocycles. The Morgan fingerprint density at radius 3 is 2.54 bits per heavy atom. The predicted molar refractivity (Wildman–Crippen MR) is 83.1 cm³/mol. The molecule has 0 saturated heterocycles. The lowest BCUT2D eigenvalue weighted by molar-refractivity contribution is -0.137. The molecule has 1 heterocycles. The molecule has 3 rings (SSSR count). The standard InChI is InChI=1S/C16H13BF3NO3/c18-16(19,20)12-4-1-11(2-5-12)15(22)21-13-6-3-10-7-8-24-17(23)14(10)9-13/h1-6,9,23H,7-8H2,(H,21,22). The number of alkyl halides is 3. The summed E-state index contributed by atoms with van der Waals surface area (Å²) in [5.74, 6) is -0.533. The average Bonchev–Trinajstić information content (AvgIpc) is 2.55. The van der Waals surface area contributed by atoms with E-state index >= 15 is 0 Å². The number of hydrogen-bond donors (Lipinski definition) is 2. The first-order chi connectivity index (χ1) is 11.3. The van der Waals surface area contributed by atoms with Crippen LogP contribution in [-0.2, 0) is 17.3 Å². The molecule has 2 aromatic rings. The van der Waals surface area contributed by atoms with Crippen molar-refractivity contribution in [3.05, 3.63) is 59.2 Å². The Hall–Kier alpha value is -2.32. The van der Waals surface area contributed by atoms with E-state index in [1.807, 2.05) is 0 Å². The molecule has 1 aliphatic rings. The van der Waals surface area contributed by atoms with Crippen molar-refractivity contribution >= 4 is 24.2 Å². The van der Waals surface area contributed by atoms with Crippen LogP contribution in [-0.4, -0.2) is 24.7 Å². The van der Waals surface area contributed by atoms with Gasteiger partial charge < -0.3 is 15.0 Å². The van der Waals surface area contributed by atoms with E-state index in [-0.39, 0.29) is 5.56 Å². The van der Waals surface area contributed by atoms with Gasteiger partial charge in [-0.1, -0.05) is 6.07 Å². The highest BCUT2D eigenvalue weighted by molar-refractivity contribution is 6.61. The van der Waals surface area contributed by atoms with Crippen LogP contribution in [0.25, 0.3) is 0 Å². The fourth-order valence-electron chi connectivity index (χ4n) is 2.51. The highest BCUT2D eigenvalue weighted by Gasteiger charge is 2.30. The Bertz CT molecular complexity index is 762. The third kappa shape index (κ3) is 3.44. The number of rotatable bonds is 2. The molecule has 0 bridgehead atoms. The zero-order valence-corrected chi connectivity index (χ0v) is 12.4. The van der Waals surface area contributed by atoms with Crippen molar-refractivity contribution in [2.75, 3.05) is 11.9 Å². The number of benzene rings is 2. The van der Waals surface area contributed by atoms with E-state index in [2.05, 4.69) is 5.32 Å². The number of nitrogens with one attached hydrogen (secondary N) is 1. The number of halogens is 3. The molecule has 0 saturated carbocycles. The molecule has 0 atom stereocenters. The molecule has 8 heteroatoms. The lowest BCUT2D eigenvalue weighted by Crippen LogP contribution is -2.41. The minimum atomic E-state index is -4.44. The topological polar surface area (TPSA) is 58.6 Å². The monoisotopic (exact) mass is 335 g/mol. The largest absolute Gasteiger partial charge is 0.491 e. The van der Waals surface area contributed by atoms with Gasteiger partial charge in [-0.25, -0.2) is 0 Å². The van der Waals surface area contributed by atoms with E-state index in [1.165, 1.54) is 0 Å². The molecule has 1 amide bonds.